The molecule has 0 unspecified atom stereocenters. The number of nitrogens with zero attached hydrogens (tertiary/aromatic N) is 1. The number of rotatable bonds is 7. The minimum atomic E-state index is 0.182. The lowest BCUT2D eigenvalue weighted by molar-refractivity contribution is -0.127. The summed E-state index contributed by atoms with van der Waals surface area (Å²) in [5, 5.41) is 0. The third-order valence-electron chi connectivity index (χ3n) is 2.12. The monoisotopic (exact) mass is 184 g/mol. The van der Waals surface area contributed by atoms with Crippen LogP contribution in [-0.2, 0) is 4.79 Å². The standard InChI is InChI=1S/C11H22NO/c1-4-7-9-12(10-8-5-2)11(13)6-3/h6H,4-5,7-10H2,1-3H3. The summed E-state index contributed by atoms with van der Waals surface area (Å²) in [4.78, 5) is 13.3. The number of hydrogen-bond donors (Lipinski definition) is 0. The maximum atomic E-state index is 11.4. The zero-order valence-electron chi connectivity index (χ0n) is 9.18. The second-order valence-electron chi connectivity index (χ2n) is 3.32. The molecule has 0 aromatic rings. The molecule has 0 saturated carbocycles. The molecule has 0 N–H and O–H groups in total. The van der Waals surface area contributed by atoms with Crippen LogP contribution in [-0.4, -0.2) is 23.9 Å². The largest absolute Gasteiger partial charge is 0.342 e. The average molecular weight is 184 g/mol. The Morgan fingerprint density at radius 1 is 1.15 bits per heavy atom. The summed E-state index contributed by atoms with van der Waals surface area (Å²) < 4.78 is 0. The normalized spacial score (nSPS) is 10.1. The molecule has 0 saturated heterocycles. The van der Waals surface area contributed by atoms with Gasteiger partial charge in [-0.25, -0.2) is 0 Å². The molecule has 0 aliphatic rings. The van der Waals surface area contributed by atoms with Crippen molar-refractivity contribution in [2.24, 2.45) is 0 Å². The van der Waals surface area contributed by atoms with Gasteiger partial charge in [0.25, 0.3) is 0 Å². The van der Waals surface area contributed by atoms with Crippen LogP contribution in [0.3, 0.4) is 0 Å². The van der Waals surface area contributed by atoms with Crippen molar-refractivity contribution in [2.75, 3.05) is 13.1 Å². The van der Waals surface area contributed by atoms with Gasteiger partial charge in [0.2, 0.25) is 5.91 Å². The lowest BCUT2D eigenvalue weighted by Gasteiger charge is -2.21. The smallest absolute Gasteiger partial charge is 0.226 e. The van der Waals surface area contributed by atoms with Crippen molar-refractivity contribution >= 4 is 5.91 Å². The highest BCUT2D eigenvalue weighted by Gasteiger charge is 2.09. The van der Waals surface area contributed by atoms with Crippen LogP contribution in [0.25, 0.3) is 0 Å². The van der Waals surface area contributed by atoms with E-state index in [1.54, 1.807) is 6.42 Å². The number of amides is 1. The molecule has 0 aromatic carbocycles. The Kier molecular flexibility index (Phi) is 7.76. The third kappa shape index (κ3) is 5.67. The fraction of sp³-hybridized carbons (Fsp3) is 0.818. The van der Waals surface area contributed by atoms with Crippen LogP contribution in [0.5, 0.6) is 0 Å². The van der Waals surface area contributed by atoms with E-state index in [0.717, 1.165) is 38.8 Å². The molecule has 0 heterocycles. The molecule has 0 atom stereocenters. The van der Waals surface area contributed by atoms with E-state index < -0.39 is 0 Å². The van der Waals surface area contributed by atoms with E-state index in [9.17, 15) is 4.79 Å². The number of carbonyl (C=O) groups excluding carboxylic acids is 1. The predicted octanol–water partition coefficient (Wildman–Crippen LogP) is 2.64. The van der Waals surface area contributed by atoms with Crippen molar-refractivity contribution in [2.45, 2.75) is 46.5 Å². The van der Waals surface area contributed by atoms with Crippen LogP contribution in [0.4, 0.5) is 0 Å². The molecule has 0 rings (SSSR count). The van der Waals surface area contributed by atoms with Gasteiger partial charge in [0, 0.05) is 19.5 Å². The fourth-order valence-electron chi connectivity index (χ4n) is 1.21. The maximum absolute atomic E-state index is 11.4. The van der Waals surface area contributed by atoms with Gasteiger partial charge >= 0.3 is 0 Å². The van der Waals surface area contributed by atoms with Gasteiger partial charge in [0.1, 0.15) is 0 Å². The van der Waals surface area contributed by atoms with Crippen LogP contribution in [0.2, 0.25) is 0 Å². The summed E-state index contributed by atoms with van der Waals surface area (Å²) in [6.07, 6.45) is 6.19. The molecule has 0 aliphatic carbocycles. The fourth-order valence-corrected chi connectivity index (χ4v) is 1.21. The summed E-state index contributed by atoms with van der Waals surface area (Å²) >= 11 is 0. The van der Waals surface area contributed by atoms with Gasteiger partial charge in [-0.15, -0.1) is 0 Å². The van der Waals surface area contributed by atoms with Gasteiger partial charge in [0.05, 0.1) is 0 Å². The van der Waals surface area contributed by atoms with Crippen molar-refractivity contribution in [3.05, 3.63) is 6.42 Å². The SMILES string of the molecule is C[CH]C(=O)N(CCCC)CCCC. The molecule has 0 aliphatic heterocycles. The maximum Gasteiger partial charge on any atom is 0.226 e. The highest BCUT2D eigenvalue weighted by molar-refractivity contribution is 5.84. The van der Waals surface area contributed by atoms with Gasteiger partial charge < -0.3 is 4.90 Å². The minimum absolute atomic E-state index is 0.182. The Labute approximate surface area is 82.3 Å². The molecule has 1 amide bonds. The summed E-state index contributed by atoms with van der Waals surface area (Å²) in [6, 6.07) is 0. The van der Waals surface area contributed by atoms with Crippen molar-refractivity contribution in [1.29, 1.82) is 0 Å². The first-order valence-corrected chi connectivity index (χ1v) is 5.34. The van der Waals surface area contributed by atoms with E-state index in [0.29, 0.717) is 0 Å². The highest BCUT2D eigenvalue weighted by atomic mass is 16.2. The van der Waals surface area contributed by atoms with Crippen LogP contribution < -0.4 is 0 Å². The van der Waals surface area contributed by atoms with E-state index in [4.69, 9.17) is 0 Å². The molecule has 2 heteroatoms. The van der Waals surface area contributed by atoms with Crippen LogP contribution in [0.1, 0.15) is 46.5 Å². The van der Waals surface area contributed by atoms with Crippen molar-refractivity contribution < 1.29 is 4.79 Å². The Bertz CT molecular complexity index is 126. The van der Waals surface area contributed by atoms with E-state index >= 15 is 0 Å². The topological polar surface area (TPSA) is 20.3 Å². The predicted molar refractivity (Wildman–Crippen MR) is 56.4 cm³/mol. The molecular formula is C11H22NO. The first-order valence-electron chi connectivity index (χ1n) is 5.34. The van der Waals surface area contributed by atoms with Crippen molar-refractivity contribution in [3.8, 4) is 0 Å². The molecule has 13 heavy (non-hydrogen) atoms. The van der Waals surface area contributed by atoms with Crippen molar-refractivity contribution in [3.63, 3.8) is 0 Å². The molecule has 1 radical (unpaired) electrons. The van der Waals surface area contributed by atoms with Gasteiger partial charge in [0.15, 0.2) is 0 Å². The first-order chi connectivity index (χ1) is 6.26. The summed E-state index contributed by atoms with van der Waals surface area (Å²) in [6.45, 7) is 7.95. The zero-order chi connectivity index (χ0) is 10.1. The summed E-state index contributed by atoms with van der Waals surface area (Å²) in [7, 11) is 0. The number of hydrogen-bond acceptors (Lipinski definition) is 1. The minimum Gasteiger partial charge on any atom is -0.342 e. The molecule has 2 nitrogen and oxygen atoms in total. The van der Waals surface area contributed by atoms with E-state index in [1.165, 1.54) is 0 Å². The van der Waals surface area contributed by atoms with E-state index in [-0.39, 0.29) is 5.91 Å². The Morgan fingerprint density at radius 3 is 1.92 bits per heavy atom. The van der Waals surface area contributed by atoms with Crippen molar-refractivity contribution in [1.82, 2.24) is 4.90 Å². The second-order valence-corrected chi connectivity index (χ2v) is 3.32. The number of unbranched alkanes of at least 4 members (excludes halogenated alkanes) is 2. The highest BCUT2D eigenvalue weighted by Crippen LogP contribution is 2.01. The number of carbonyl (C=O) groups is 1. The lowest BCUT2D eigenvalue weighted by Crippen LogP contribution is -2.32. The molecule has 0 spiro atoms. The zero-order valence-corrected chi connectivity index (χ0v) is 9.18. The van der Waals surface area contributed by atoms with E-state index in [1.807, 2.05) is 11.8 Å². The molecular weight excluding hydrogens is 162 g/mol. The molecule has 0 fully saturated rings. The third-order valence-corrected chi connectivity index (χ3v) is 2.12. The Hall–Kier alpha value is -0.530. The van der Waals surface area contributed by atoms with E-state index in [2.05, 4.69) is 13.8 Å². The quantitative estimate of drug-likeness (QED) is 0.595. The average Bonchev–Trinajstić information content (AvgIpc) is 2.17. The van der Waals surface area contributed by atoms with Gasteiger partial charge in [-0.1, -0.05) is 33.6 Å². The lowest BCUT2D eigenvalue weighted by atomic mass is 10.2. The van der Waals surface area contributed by atoms with Gasteiger partial charge in [-0.3, -0.25) is 4.79 Å². The van der Waals surface area contributed by atoms with Crippen LogP contribution >= 0.6 is 0 Å². The van der Waals surface area contributed by atoms with Crippen LogP contribution in [0.15, 0.2) is 0 Å². The first kappa shape index (κ1) is 12.5. The molecule has 0 aromatic heterocycles. The van der Waals surface area contributed by atoms with Gasteiger partial charge in [-0.05, 0) is 12.8 Å². The molecule has 77 valence electrons. The Morgan fingerprint density at radius 2 is 1.62 bits per heavy atom. The second kappa shape index (κ2) is 8.09. The summed E-state index contributed by atoms with van der Waals surface area (Å²) in [5.41, 5.74) is 0. The Balaban J connectivity index is 3.79. The molecule has 0 bridgehead atoms. The van der Waals surface area contributed by atoms with Gasteiger partial charge in [-0.2, -0.15) is 0 Å². The summed E-state index contributed by atoms with van der Waals surface area (Å²) in [5.74, 6) is 0.182. The van der Waals surface area contributed by atoms with Crippen LogP contribution in [0, 0.1) is 6.42 Å².